The maximum Gasteiger partial charge on any atom is 0.264 e. The summed E-state index contributed by atoms with van der Waals surface area (Å²) in [6, 6.07) is 9.33. The van der Waals surface area contributed by atoms with Crippen molar-refractivity contribution in [2.24, 2.45) is 0 Å². The zero-order chi connectivity index (χ0) is 18.1. The Bertz CT molecular complexity index is 955. The van der Waals surface area contributed by atoms with Crippen LogP contribution < -0.4 is 9.03 Å². The molecule has 0 fully saturated rings. The Kier molecular flexibility index (Phi) is 4.86. The highest BCUT2D eigenvalue weighted by Gasteiger charge is 2.23. The topological polar surface area (TPSA) is 83.6 Å². The molecule has 0 spiro atoms. The van der Waals surface area contributed by atoms with Gasteiger partial charge in [-0.25, -0.2) is 21.2 Å². The van der Waals surface area contributed by atoms with Gasteiger partial charge >= 0.3 is 0 Å². The Labute approximate surface area is 141 Å². The molecule has 0 bridgehead atoms. The quantitative estimate of drug-likeness (QED) is 0.873. The van der Waals surface area contributed by atoms with Crippen molar-refractivity contribution < 1.29 is 21.2 Å². The third-order valence-corrected chi connectivity index (χ3v) is 5.86. The van der Waals surface area contributed by atoms with Gasteiger partial charge in [-0.2, -0.15) is 0 Å². The molecule has 0 aliphatic carbocycles. The highest BCUT2D eigenvalue weighted by Crippen LogP contribution is 2.26. The Morgan fingerprint density at radius 3 is 2.08 bits per heavy atom. The van der Waals surface area contributed by atoms with E-state index in [1.54, 1.807) is 0 Å². The molecule has 1 N–H and O–H groups in total. The third-order valence-electron chi connectivity index (χ3n) is 3.31. The fraction of sp³-hybridized carbons (Fsp3) is 0.200. The van der Waals surface area contributed by atoms with Crippen LogP contribution in [-0.4, -0.2) is 30.1 Å². The van der Waals surface area contributed by atoms with Crippen molar-refractivity contribution in [3.8, 4) is 0 Å². The van der Waals surface area contributed by atoms with E-state index in [9.17, 15) is 21.2 Å². The molecule has 0 unspecified atom stereocenters. The van der Waals surface area contributed by atoms with Gasteiger partial charge in [0.2, 0.25) is 10.0 Å². The van der Waals surface area contributed by atoms with Crippen LogP contribution in [0.5, 0.6) is 0 Å². The van der Waals surface area contributed by atoms with Gasteiger partial charge in [0.25, 0.3) is 10.0 Å². The number of halogens is 1. The molecule has 2 aromatic carbocycles. The molecule has 24 heavy (non-hydrogen) atoms. The van der Waals surface area contributed by atoms with Gasteiger partial charge in [-0.3, -0.25) is 9.03 Å². The lowest BCUT2D eigenvalue weighted by Crippen LogP contribution is -2.27. The standard InChI is InChI=1S/C15H17FN2O4S2/c1-11-10-12(16)4-9-15(11)24(21,22)18(2)14-7-5-13(6-8-14)17-23(3,19)20/h4-10,17H,1-3H3. The molecule has 6 nitrogen and oxygen atoms in total. The van der Waals surface area contributed by atoms with Gasteiger partial charge in [-0.15, -0.1) is 0 Å². The number of hydrogen-bond donors (Lipinski definition) is 1. The van der Waals surface area contributed by atoms with Crippen molar-refractivity contribution in [3.63, 3.8) is 0 Å². The smallest absolute Gasteiger partial charge is 0.264 e. The fourth-order valence-corrected chi connectivity index (χ4v) is 4.11. The summed E-state index contributed by atoms with van der Waals surface area (Å²) < 4.78 is 64.2. The second-order valence-electron chi connectivity index (χ2n) is 5.30. The maximum absolute atomic E-state index is 13.2. The first kappa shape index (κ1) is 18.2. The van der Waals surface area contributed by atoms with E-state index < -0.39 is 25.9 Å². The number of hydrogen-bond acceptors (Lipinski definition) is 4. The molecule has 0 atom stereocenters. The average molecular weight is 372 g/mol. The van der Waals surface area contributed by atoms with Gasteiger partial charge in [-0.1, -0.05) is 0 Å². The fourth-order valence-electron chi connectivity index (χ4n) is 2.14. The van der Waals surface area contributed by atoms with Crippen LogP contribution in [0.2, 0.25) is 0 Å². The number of nitrogens with one attached hydrogen (secondary N) is 1. The predicted molar refractivity (Wildman–Crippen MR) is 91.6 cm³/mol. The Morgan fingerprint density at radius 2 is 1.58 bits per heavy atom. The Morgan fingerprint density at radius 1 is 1.00 bits per heavy atom. The van der Waals surface area contributed by atoms with Crippen LogP contribution in [-0.2, 0) is 20.0 Å². The molecule has 130 valence electrons. The maximum atomic E-state index is 13.2. The van der Waals surface area contributed by atoms with Crippen LogP contribution in [0.15, 0.2) is 47.4 Å². The minimum absolute atomic E-state index is 0.00439. The number of anilines is 2. The number of nitrogens with zero attached hydrogens (tertiary/aromatic N) is 1. The Hall–Kier alpha value is -2.13. The van der Waals surface area contributed by atoms with Crippen LogP contribution in [0.1, 0.15) is 5.56 Å². The molecule has 0 aromatic heterocycles. The molecule has 9 heteroatoms. The Balaban J connectivity index is 2.35. The second-order valence-corrected chi connectivity index (χ2v) is 8.99. The zero-order valence-corrected chi connectivity index (χ0v) is 14.9. The van der Waals surface area contributed by atoms with E-state index in [1.165, 1.54) is 44.3 Å². The zero-order valence-electron chi connectivity index (χ0n) is 13.3. The van der Waals surface area contributed by atoms with Crippen molar-refractivity contribution in [1.29, 1.82) is 0 Å². The van der Waals surface area contributed by atoms with Crippen LogP contribution in [0.4, 0.5) is 15.8 Å². The summed E-state index contributed by atoms with van der Waals surface area (Å²) in [4.78, 5) is 0.00439. The van der Waals surface area contributed by atoms with Gasteiger partial charge in [0.15, 0.2) is 0 Å². The van der Waals surface area contributed by atoms with E-state index in [2.05, 4.69) is 4.72 Å². The summed E-state index contributed by atoms with van der Waals surface area (Å²) in [5.74, 6) is -0.509. The van der Waals surface area contributed by atoms with E-state index >= 15 is 0 Å². The third kappa shape index (κ3) is 4.04. The number of benzene rings is 2. The minimum atomic E-state index is -3.86. The van der Waals surface area contributed by atoms with Crippen LogP contribution in [0.3, 0.4) is 0 Å². The lowest BCUT2D eigenvalue weighted by atomic mass is 10.2. The van der Waals surface area contributed by atoms with E-state index in [1.807, 2.05) is 0 Å². The molecule has 0 amide bonds. The van der Waals surface area contributed by atoms with Crippen molar-refractivity contribution in [2.75, 3.05) is 22.3 Å². The highest BCUT2D eigenvalue weighted by atomic mass is 32.2. The second kappa shape index (κ2) is 6.40. The first-order chi connectivity index (χ1) is 11.0. The van der Waals surface area contributed by atoms with E-state index in [-0.39, 0.29) is 4.90 Å². The summed E-state index contributed by atoms with van der Waals surface area (Å²) in [7, 11) is -5.90. The summed E-state index contributed by atoms with van der Waals surface area (Å²) in [6.07, 6.45) is 1.02. The van der Waals surface area contributed by atoms with Crippen molar-refractivity contribution in [3.05, 3.63) is 53.8 Å². The lowest BCUT2D eigenvalue weighted by molar-refractivity contribution is 0.592. The van der Waals surface area contributed by atoms with Gasteiger partial charge < -0.3 is 0 Å². The lowest BCUT2D eigenvalue weighted by Gasteiger charge is -2.21. The van der Waals surface area contributed by atoms with Crippen molar-refractivity contribution >= 4 is 31.4 Å². The van der Waals surface area contributed by atoms with E-state index in [0.29, 0.717) is 16.9 Å². The minimum Gasteiger partial charge on any atom is -0.284 e. The van der Waals surface area contributed by atoms with Crippen molar-refractivity contribution in [2.45, 2.75) is 11.8 Å². The first-order valence-electron chi connectivity index (χ1n) is 6.83. The molecule has 2 rings (SSSR count). The largest absolute Gasteiger partial charge is 0.284 e. The summed E-state index contributed by atoms with van der Waals surface area (Å²) in [5.41, 5.74) is 0.972. The SMILES string of the molecule is Cc1cc(F)ccc1S(=O)(=O)N(C)c1ccc(NS(C)(=O)=O)cc1. The molecular formula is C15H17FN2O4S2. The summed E-state index contributed by atoms with van der Waals surface area (Å²) >= 11 is 0. The van der Waals surface area contributed by atoms with Gasteiger partial charge in [-0.05, 0) is 55.0 Å². The number of rotatable bonds is 5. The van der Waals surface area contributed by atoms with Gasteiger partial charge in [0.1, 0.15) is 5.82 Å². The van der Waals surface area contributed by atoms with Crippen molar-refractivity contribution in [1.82, 2.24) is 0 Å². The normalized spacial score (nSPS) is 12.0. The van der Waals surface area contributed by atoms with Gasteiger partial charge in [0, 0.05) is 12.7 Å². The first-order valence-corrected chi connectivity index (χ1v) is 10.2. The molecule has 0 aliphatic heterocycles. The average Bonchev–Trinajstić information content (AvgIpc) is 2.45. The molecular weight excluding hydrogens is 355 g/mol. The van der Waals surface area contributed by atoms with Crippen LogP contribution in [0, 0.1) is 12.7 Å². The molecule has 2 aromatic rings. The van der Waals surface area contributed by atoms with Crippen LogP contribution in [0.25, 0.3) is 0 Å². The van der Waals surface area contributed by atoms with E-state index in [4.69, 9.17) is 0 Å². The number of sulfonamides is 2. The van der Waals surface area contributed by atoms with Crippen LogP contribution >= 0.6 is 0 Å². The molecule has 0 radical (unpaired) electrons. The molecule has 0 heterocycles. The number of aryl methyl sites for hydroxylation is 1. The molecule has 0 aliphatic rings. The highest BCUT2D eigenvalue weighted by molar-refractivity contribution is 7.93. The predicted octanol–water partition coefficient (Wildman–Crippen LogP) is 2.33. The summed E-state index contributed by atoms with van der Waals surface area (Å²) in [5, 5.41) is 0. The molecule has 0 saturated heterocycles. The van der Waals surface area contributed by atoms with E-state index in [0.717, 1.165) is 22.7 Å². The summed E-state index contributed by atoms with van der Waals surface area (Å²) in [6.45, 7) is 1.52. The molecule has 0 saturated carbocycles. The van der Waals surface area contributed by atoms with Gasteiger partial charge in [0.05, 0.1) is 16.8 Å². The monoisotopic (exact) mass is 372 g/mol.